The molecule has 0 atom stereocenters. The molecule has 104 valence electrons. The largest absolute Gasteiger partial charge is 0.465 e. The van der Waals surface area contributed by atoms with Crippen LogP contribution in [0.5, 0.6) is 0 Å². The van der Waals surface area contributed by atoms with E-state index >= 15 is 0 Å². The van der Waals surface area contributed by atoms with Gasteiger partial charge in [0.25, 0.3) is 0 Å². The van der Waals surface area contributed by atoms with Gasteiger partial charge < -0.3 is 10.5 Å². The van der Waals surface area contributed by atoms with E-state index < -0.39 is 0 Å². The maximum Gasteiger partial charge on any atom is 0.338 e. The fourth-order valence-corrected chi connectivity index (χ4v) is 2.94. The second kappa shape index (κ2) is 6.48. The Morgan fingerprint density at radius 2 is 2.00 bits per heavy atom. The average Bonchev–Trinajstić information content (AvgIpc) is 2.47. The van der Waals surface area contributed by atoms with Crippen LogP contribution in [-0.2, 0) is 10.5 Å². The molecule has 2 N–H and O–H groups in total. The van der Waals surface area contributed by atoms with Crippen LogP contribution in [0.3, 0.4) is 0 Å². The number of nitrogens with two attached hydrogens (primary N) is 1. The Morgan fingerprint density at radius 3 is 2.75 bits per heavy atom. The molecule has 0 amide bonds. The van der Waals surface area contributed by atoms with E-state index in [0.29, 0.717) is 11.3 Å². The first-order valence-electron chi connectivity index (χ1n) is 6.27. The summed E-state index contributed by atoms with van der Waals surface area (Å²) in [5.41, 5.74) is 9.45. The number of anilines is 1. The van der Waals surface area contributed by atoms with Crippen molar-refractivity contribution in [2.75, 3.05) is 12.8 Å². The lowest BCUT2D eigenvalue weighted by Crippen LogP contribution is -2.04. The van der Waals surface area contributed by atoms with Crippen LogP contribution in [0.25, 0.3) is 0 Å². The maximum absolute atomic E-state index is 11.7. The summed E-state index contributed by atoms with van der Waals surface area (Å²) in [6.45, 7) is 2.03. The minimum absolute atomic E-state index is 0.307. The Labute approximate surface area is 123 Å². The standard InChI is InChI=1S/C16H17NO2S/c1-11-7-8-14(17)15(9-11)20-10-12-5-3-4-6-13(12)16(18)19-2/h3-9H,10,17H2,1-2H3. The predicted molar refractivity (Wildman–Crippen MR) is 82.9 cm³/mol. The van der Waals surface area contributed by atoms with Crippen molar-refractivity contribution in [3.63, 3.8) is 0 Å². The molecule has 20 heavy (non-hydrogen) atoms. The molecule has 0 aromatic heterocycles. The molecule has 0 spiro atoms. The molecule has 0 radical (unpaired) electrons. The van der Waals surface area contributed by atoms with Crippen molar-refractivity contribution in [3.05, 3.63) is 59.2 Å². The number of esters is 1. The fourth-order valence-electron chi connectivity index (χ4n) is 1.88. The number of hydrogen-bond acceptors (Lipinski definition) is 4. The van der Waals surface area contributed by atoms with Crippen LogP contribution in [0, 0.1) is 6.92 Å². The van der Waals surface area contributed by atoms with Crippen LogP contribution in [0.1, 0.15) is 21.5 Å². The second-order valence-electron chi connectivity index (χ2n) is 4.48. The summed E-state index contributed by atoms with van der Waals surface area (Å²) in [7, 11) is 1.39. The van der Waals surface area contributed by atoms with Gasteiger partial charge in [0.05, 0.1) is 12.7 Å². The summed E-state index contributed by atoms with van der Waals surface area (Å²) in [6, 6.07) is 13.4. The molecule has 0 bridgehead atoms. The molecule has 0 aliphatic rings. The molecule has 0 aliphatic carbocycles. The van der Waals surface area contributed by atoms with E-state index in [1.165, 1.54) is 12.7 Å². The summed E-state index contributed by atoms with van der Waals surface area (Å²) >= 11 is 1.62. The number of aryl methyl sites for hydroxylation is 1. The van der Waals surface area contributed by atoms with Crippen LogP contribution in [0.15, 0.2) is 47.4 Å². The van der Waals surface area contributed by atoms with Gasteiger partial charge in [-0.3, -0.25) is 0 Å². The minimum atomic E-state index is -0.307. The molecule has 0 unspecified atom stereocenters. The number of methoxy groups -OCH3 is 1. The molecule has 0 saturated heterocycles. The molecule has 4 heteroatoms. The lowest BCUT2D eigenvalue weighted by Gasteiger charge is -2.09. The van der Waals surface area contributed by atoms with Gasteiger partial charge in [-0.2, -0.15) is 0 Å². The number of ether oxygens (including phenoxy) is 1. The molecule has 2 aromatic carbocycles. The summed E-state index contributed by atoms with van der Waals surface area (Å²) < 4.78 is 4.80. The van der Waals surface area contributed by atoms with Crippen LogP contribution >= 0.6 is 11.8 Å². The van der Waals surface area contributed by atoms with Crippen molar-refractivity contribution < 1.29 is 9.53 Å². The number of nitrogen functional groups attached to an aromatic ring is 1. The van der Waals surface area contributed by atoms with Gasteiger partial charge in [0.2, 0.25) is 0 Å². The maximum atomic E-state index is 11.7. The monoisotopic (exact) mass is 287 g/mol. The zero-order valence-corrected chi connectivity index (χ0v) is 12.4. The van der Waals surface area contributed by atoms with Crippen molar-refractivity contribution in [2.24, 2.45) is 0 Å². The number of carbonyl (C=O) groups excluding carboxylic acids is 1. The molecule has 0 heterocycles. The SMILES string of the molecule is COC(=O)c1ccccc1CSc1cc(C)ccc1N. The molecule has 2 aromatic rings. The number of benzene rings is 2. The van der Waals surface area contributed by atoms with Gasteiger partial charge in [0, 0.05) is 16.3 Å². The summed E-state index contributed by atoms with van der Waals surface area (Å²) in [5, 5.41) is 0. The Bertz CT molecular complexity index is 626. The van der Waals surface area contributed by atoms with Gasteiger partial charge >= 0.3 is 5.97 Å². The van der Waals surface area contributed by atoms with Crippen molar-refractivity contribution >= 4 is 23.4 Å². The third kappa shape index (κ3) is 3.33. The van der Waals surface area contributed by atoms with E-state index in [2.05, 4.69) is 6.07 Å². The number of thioether (sulfide) groups is 1. The summed E-state index contributed by atoms with van der Waals surface area (Å²) in [4.78, 5) is 12.7. The Kier molecular flexibility index (Phi) is 4.69. The highest BCUT2D eigenvalue weighted by Gasteiger charge is 2.11. The highest BCUT2D eigenvalue weighted by atomic mass is 32.2. The molecule has 3 nitrogen and oxygen atoms in total. The highest BCUT2D eigenvalue weighted by Crippen LogP contribution is 2.30. The topological polar surface area (TPSA) is 52.3 Å². The summed E-state index contributed by atoms with van der Waals surface area (Å²) in [6.07, 6.45) is 0. The van der Waals surface area contributed by atoms with Gasteiger partial charge in [0.1, 0.15) is 0 Å². The smallest absolute Gasteiger partial charge is 0.338 e. The van der Waals surface area contributed by atoms with Gasteiger partial charge in [-0.25, -0.2) is 4.79 Å². The van der Waals surface area contributed by atoms with Crippen molar-refractivity contribution in [1.29, 1.82) is 0 Å². The van der Waals surface area contributed by atoms with Crippen LogP contribution in [0.4, 0.5) is 5.69 Å². The van der Waals surface area contributed by atoms with Gasteiger partial charge in [-0.1, -0.05) is 24.3 Å². The van der Waals surface area contributed by atoms with Crippen molar-refractivity contribution in [1.82, 2.24) is 0 Å². The Morgan fingerprint density at radius 1 is 1.25 bits per heavy atom. The lowest BCUT2D eigenvalue weighted by molar-refractivity contribution is 0.0600. The van der Waals surface area contributed by atoms with E-state index in [0.717, 1.165) is 16.1 Å². The first-order valence-corrected chi connectivity index (χ1v) is 7.25. The first-order chi connectivity index (χ1) is 9.61. The van der Waals surface area contributed by atoms with Crippen molar-refractivity contribution in [3.8, 4) is 0 Å². The quantitative estimate of drug-likeness (QED) is 0.530. The summed E-state index contributed by atoms with van der Waals surface area (Å²) in [5.74, 6) is 0.372. The number of carbonyl (C=O) groups is 1. The molecule has 0 fully saturated rings. The zero-order chi connectivity index (χ0) is 14.5. The van der Waals surface area contributed by atoms with E-state index in [9.17, 15) is 4.79 Å². The Balaban J connectivity index is 2.19. The first kappa shape index (κ1) is 14.5. The second-order valence-corrected chi connectivity index (χ2v) is 5.50. The molecular weight excluding hydrogens is 270 g/mol. The minimum Gasteiger partial charge on any atom is -0.465 e. The van der Waals surface area contributed by atoms with E-state index in [1.807, 2.05) is 37.3 Å². The molecular formula is C16H17NO2S. The number of rotatable bonds is 4. The predicted octanol–water partition coefficient (Wildman–Crippen LogP) is 3.66. The Hall–Kier alpha value is -1.94. The van der Waals surface area contributed by atoms with E-state index in [1.54, 1.807) is 17.8 Å². The fraction of sp³-hybridized carbons (Fsp3) is 0.188. The average molecular weight is 287 g/mol. The van der Waals surface area contributed by atoms with Crippen LogP contribution in [0.2, 0.25) is 0 Å². The molecule has 0 aliphatic heterocycles. The third-order valence-electron chi connectivity index (χ3n) is 2.97. The third-order valence-corrected chi connectivity index (χ3v) is 4.09. The van der Waals surface area contributed by atoms with Gasteiger partial charge in [-0.05, 0) is 36.2 Å². The molecule has 2 rings (SSSR count). The van der Waals surface area contributed by atoms with Crippen LogP contribution in [-0.4, -0.2) is 13.1 Å². The zero-order valence-electron chi connectivity index (χ0n) is 11.6. The van der Waals surface area contributed by atoms with Gasteiger partial charge in [0.15, 0.2) is 0 Å². The number of hydrogen-bond donors (Lipinski definition) is 1. The van der Waals surface area contributed by atoms with Crippen LogP contribution < -0.4 is 5.73 Å². The van der Waals surface area contributed by atoms with Crippen molar-refractivity contribution in [2.45, 2.75) is 17.6 Å². The van der Waals surface area contributed by atoms with Gasteiger partial charge in [-0.15, -0.1) is 11.8 Å². The van der Waals surface area contributed by atoms with E-state index in [4.69, 9.17) is 10.5 Å². The normalized spacial score (nSPS) is 10.3. The molecule has 0 saturated carbocycles. The van der Waals surface area contributed by atoms with E-state index in [-0.39, 0.29) is 5.97 Å². The lowest BCUT2D eigenvalue weighted by atomic mass is 10.1. The highest BCUT2D eigenvalue weighted by molar-refractivity contribution is 7.98.